The second-order valence-electron chi connectivity index (χ2n) is 2.26. The van der Waals surface area contributed by atoms with Gasteiger partial charge in [0.25, 0.3) is 0 Å². The van der Waals surface area contributed by atoms with Gasteiger partial charge in [-0.15, -0.1) is 0 Å². The van der Waals surface area contributed by atoms with Crippen molar-refractivity contribution in [1.29, 1.82) is 5.26 Å². The fraction of sp³-hybridized carbons (Fsp3) is 0.833. The fourth-order valence-corrected chi connectivity index (χ4v) is 0.805. The molecule has 1 rings (SSSR count). The zero-order chi connectivity index (χ0) is 6.69. The zero-order valence-electron chi connectivity index (χ0n) is 5.50. The van der Waals surface area contributed by atoms with Gasteiger partial charge in [-0.25, -0.2) is 0 Å². The quantitative estimate of drug-likeness (QED) is 0.471. The summed E-state index contributed by atoms with van der Waals surface area (Å²) >= 11 is 0. The minimum atomic E-state index is 0.112. The first-order chi connectivity index (χ1) is 4.33. The summed E-state index contributed by atoms with van der Waals surface area (Å²) in [5.74, 6) is 0.112. The molecule has 0 aromatic rings. The lowest BCUT2D eigenvalue weighted by Crippen LogP contribution is -2.31. The van der Waals surface area contributed by atoms with Crippen molar-refractivity contribution in [3.63, 3.8) is 0 Å². The van der Waals surface area contributed by atoms with Crippen molar-refractivity contribution in [1.82, 2.24) is 5.06 Å². The number of hydroxylamine groups is 2. The van der Waals surface area contributed by atoms with E-state index in [0.29, 0.717) is 6.61 Å². The summed E-state index contributed by atoms with van der Waals surface area (Å²) in [5.41, 5.74) is 0. The molecule has 1 unspecified atom stereocenters. The van der Waals surface area contributed by atoms with E-state index >= 15 is 0 Å². The Morgan fingerprint density at radius 3 is 3.00 bits per heavy atom. The first kappa shape index (κ1) is 6.53. The first-order valence-corrected chi connectivity index (χ1v) is 3.06. The summed E-state index contributed by atoms with van der Waals surface area (Å²) in [4.78, 5) is 5.09. The Balaban J connectivity index is 2.28. The van der Waals surface area contributed by atoms with Gasteiger partial charge in [0, 0.05) is 13.6 Å². The molecular formula is C6H10N2O. The van der Waals surface area contributed by atoms with Crippen molar-refractivity contribution in [2.75, 3.05) is 20.2 Å². The molecule has 50 valence electrons. The highest BCUT2D eigenvalue weighted by atomic mass is 16.7. The molecule has 1 aliphatic heterocycles. The standard InChI is InChI=1S/C6H10N2O/c1-8-3-2-6(4-7)5-9-8/h6H,2-3,5H2,1H3. The van der Waals surface area contributed by atoms with Gasteiger partial charge in [0.2, 0.25) is 0 Å². The Bertz CT molecular complexity index is 122. The molecule has 0 spiro atoms. The molecular weight excluding hydrogens is 116 g/mol. The molecule has 1 aliphatic rings. The van der Waals surface area contributed by atoms with Gasteiger partial charge in [-0.1, -0.05) is 0 Å². The Kier molecular flexibility index (Phi) is 2.04. The Hall–Kier alpha value is -0.590. The summed E-state index contributed by atoms with van der Waals surface area (Å²) in [6.45, 7) is 1.44. The molecule has 3 heteroatoms. The van der Waals surface area contributed by atoms with Crippen LogP contribution in [0.25, 0.3) is 0 Å². The van der Waals surface area contributed by atoms with Gasteiger partial charge in [0.15, 0.2) is 0 Å². The summed E-state index contributed by atoms with van der Waals surface area (Å²) in [6.07, 6.45) is 0.938. The van der Waals surface area contributed by atoms with Gasteiger partial charge >= 0.3 is 0 Å². The molecule has 1 heterocycles. The van der Waals surface area contributed by atoms with Crippen molar-refractivity contribution in [3.8, 4) is 6.07 Å². The molecule has 3 nitrogen and oxygen atoms in total. The average molecular weight is 126 g/mol. The van der Waals surface area contributed by atoms with Crippen LogP contribution in [0, 0.1) is 17.2 Å². The van der Waals surface area contributed by atoms with Crippen LogP contribution in [-0.4, -0.2) is 25.3 Å². The van der Waals surface area contributed by atoms with Crippen LogP contribution in [-0.2, 0) is 4.84 Å². The van der Waals surface area contributed by atoms with E-state index in [4.69, 9.17) is 10.1 Å². The van der Waals surface area contributed by atoms with E-state index in [2.05, 4.69) is 6.07 Å². The van der Waals surface area contributed by atoms with E-state index in [1.54, 1.807) is 5.06 Å². The maximum absolute atomic E-state index is 8.43. The first-order valence-electron chi connectivity index (χ1n) is 3.06. The lowest BCUT2D eigenvalue weighted by Gasteiger charge is -2.24. The number of rotatable bonds is 0. The molecule has 9 heavy (non-hydrogen) atoms. The Morgan fingerprint density at radius 2 is 2.56 bits per heavy atom. The van der Waals surface area contributed by atoms with Crippen molar-refractivity contribution >= 4 is 0 Å². The van der Waals surface area contributed by atoms with Gasteiger partial charge in [-0.05, 0) is 6.42 Å². The van der Waals surface area contributed by atoms with E-state index in [0.717, 1.165) is 13.0 Å². The van der Waals surface area contributed by atoms with E-state index < -0.39 is 0 Å². The lowest BCUT2D eigenvalue weighted by atomic mass is 10.1. The van der Waals surface area contributed by atoms with Gasteiger partial charge in [-0.2, -0.15) is 10.3 Å². The van der Waals surface area contributed by atoms with E-state index in [9.17, 15) is 0 Å². The third-order valence-corrected chi connectivity index (χ3v) is 1.47. The monoisotopic (exact) mass is 126 g/mol. The van der Waals surface area contributed by atoms with E-state index in [1.807, 2.05) is 7.05 Å². The lowest BCUT2D eigenvalue weighted by molar-refractivity contribution is -0.172. The number of nitrogens with zero attached hydrogens (tertiary/aromatic N) is 2. The number of hydrogen-bond donors (Lipinski definition) is 0. The summed E-state index contributed by atoms with van der Waals surface area (Å²) < 4.78 is 0. The zero-order valence-corrected chi connectivity index (χ0v) is 5.50. The summed E-state index contributed by atoms with van der Waals surface area (Å²) in [5, 5.41) is 10.2. The molecule has 0 aromatic carbocycles. The van der Waals surface area contributed by atoms with Gasteiger partial charge in [0.05, 0.1) is 18.6 Å². The van der Waals surface area contributed by atoms with Crippen molar-refractivity contribution in [2.45, 2.75) is 6.42 Å². The third kappa shape index (κ3) is 1.67. The Labute approximate surface area is 54.8 Å². The van der Waals surface area contributed by atoms with Gasteiger partial charge in [-0.3, -0.25) is 4.84 Å². The van der Waals surface area contributed by atoms with Crippen LogP contribution in [0.5, 0.6) is 0 Å². The molecule has 0 N–H and O–H groups in total. The number of nitriles is 1. The van der Waals surface area contributed by atoms with Crippen LogP contribution in [0.1, 0.15) is 6.42 Å². The molecule has 0 radical (unpaired) electrons. The smallest absolute Gasteiger partial charge is 0.0843 e. The van der Waals surface area contributed by atoms with E-state index in [-0.39, 0.29) is 5.92 Å². The summed E-state index contributed by atoms with van der Waals surface area (Å²) in [6, 6.07) is 2.17. The highest BCUT2D eigenvalue weighted by molar-refractivity contribution is 4.83. The second kappa shape index (κ2) is 2.81. The normalized spacial score (nSPS) is 29.6. The Morgan fingerprint density at radius 1 is 1.78 bits per heavy atom. The van der Waals surface area contributed by atoms with Gasteiger partial charge < -0.3 is 0 Å². The minimum Gasteiger partial charge on any atom is -0.298 e. The second-order valence-corrected chi connectivity index (χ2v) is 2.26. The topological polar surface area (TPSA) is 36.3 Å². The van der Waals surface area contributed by atoms with Crippen LogP contribution >= 0.6 is 0 Å². The largest absolute Gasteiger partial charge is 0.298 e. The van der Waals surface area contributed by atoms with Crippen molar-refractivity contribution in [2.24, 2.45) is 5.92 Å². The van der Waals surface area contributed by atoms with Crippen molar-refractivity contribution in [3.05, 3.63) is 0 Å². The van der Waals surface area contributed by atoms with E-state index in [1.165, 1.54) is 0 Å². The molecule has 1 atom stereocenters. The average Bonchev–Trinajstić information content (AvgIpc) is 1.90. The highest BCUT2D eigenvalue weighted by Crippen LogP contribution is 2.09. The number of hydrogen-bond acceptors (Lipinski definition) is 3. The van der Waals surface area contributed by atoms with Crippen LogP contribution in [0.3, 0.4) is 0 Å². The maximum Gasteiger partial charge on any atom is 0.0843 e. The van der Waals surface area contributed by atoms with Crippen molar-refractivity contribution < 1.29 is 4.84 Å². The minimum absolute atomic E-state index is 0.112. The molecule has 0 aromatic heterocycles. The SMILES string of the molecule is CN1CCC(C#N)CO1. The van der Waals surface area contributed by atoms with Crippen LogP contribution in [0.15, 0.2) is 0 Å². The highest BCUT2D eigenvalue weighted by Gasteiger charge is 2.15. The predicted molar refractivity (Wildman–Crippen MR) is 32.3 cm³/mol. The maximum atomic E-state index is 8.43. The molecule has 0 bridgehead atoms. The van der Waals surface area contributed by atoms with Crippen LogP contribution < -0.4 is 0 Å². The molecule has 1 saturated heterocycles. The predicted octanol–water partition coefficient (Wildman–Crippen LogP) is 0.393. The molecule has 1 fully saturated rings. The molecule has 0 saturated carbocycles. The summed E-state index contributed by atoms with van der Waals surface area (Å²) in [7, 11) is 1.88. The van der Waals surface area contributed by atoms with Crippen LogP contribution in [0.2, 0.25) is 0 Å². The molecule has 0 aliphatic carbocycles. The van der Waals surface area contributed by atoms with Gasteiger partial charge in [0.1, 0.15) is 0 Å². The third-order valence-electron chi connectivity index (χ3n) is 1.47. The molecule has 0 amide bonds. The van der Waals surface area contributed by atoms with Crippen LogP contribution in [0.4, 0.5) is 0 Å². The fourth-order valence-electron chi connectivity index (χ4n) is 0.805.